The molecule has 0 aliphatic carbocycles. The van der Waals surface area contributed by atoms with E-state index in [1.807, 2.05) is 18.2 Å². The molecule has 7 heteroatoms. The molecule has 0 aromatic heterocycles. The molecule has 7 nitrogen and oxygen atoms in total. The minimum absolute atomic E-state index is 0.106. The first-order chi connectivity index (χ1) is 14.1. The van der Waals surface area contributed by atoms with Crippen molar-refractivity contribution in [2.24, 2.45) is 5.92 Å². The summed E-state index contributed by atoms with van der Waals surface area (Å²) in [5.41, 5.74) is 1.13. The van der Waals surface area contributed by atoms with Gasteiger partial charge in [-0.2, -0.15) is 0 Å². The van der Waals surface area contributed by atoms with E-state index in [1.54, 1.807) is 14.0 Å². The number of rotatable bonds is 8. The van der Waals surface area contributed by atoms with Crippen molar-refractivity contribution in [3.63, 3.8) is 0 Å². The van der Waals surface area contributed by atoms with Gasteiger partial charge in [0.15, 0.2) is 0 Å². The third-order valence-corrected chi connectivity index (χ3v) is 5.77. The zero-order valence-corrected chi connectivity index (χ0v) is 17.3. The summed E-state index contributed by atoms with van der Waals surface area (Å²) in [4.78, 5) is 31.0. The van der Waals surface area contributed by atoms with Gasteiger partial charge >= 0.3 is 0 Å². The predicted molar refractivity (Wildman–Crippen MR) is 113 cm³/mol. The molecule has 2 fully saturated rings. The number of para-hydroxylation sites is 2. The number of nitrogens with one attached hydrogen (secondary N) is 1. The summed E-state index contributed by atoms with van der Waals surface area (Å²) in [6.45, 7) is 7.15. The number of hydrogen-bond acceptors (Lipinski definition) is 6. The number of carbonyl (C=O) groups excluding carboxylic acids is 2. The van der Waals surface area contributed by atoms with Gasteiger partial charge in [-0.25, -0.2) is 0 Å². The number of piperazine rings is 1. The van der Waals surface area contributed by atoms with Gasteiger partial charge in [0, 0.05) is 32.7 Å². The first-order valence-corrected chi connectivity index (χ1v) is 10.2. The molecule has 0 bridgehead atoms. The van der Waals surface area contributed by atoms with Crippen molar-refractivity contribution < 1.29 is 14.3 Å². The van der Waals surface area contributed by atoms with Crippen molar-refractivity contribution in [2.45, 2.75) is 19.4 Å². The van der Waals surface area contributed by atoms with Crippen molar-refractivity contribution >= 4 is 17.5 Å². The Hall–Kier alpha value is -2.56. The lowest BCUT2D eigenvalue weighted by Gasteiger charge is -2.36. The maximum Gasteiger partial charge on any atom is 0.247 e. The molecule has 2 heterocycles. The quantitative estimate of drug-likeness (QED) is 0.516. The van der Waals surface area contributed by atoms with Gasteiger partial charge in [0.05, 0.1) is 31.3 Å². The van der Waals surface area contributed by atoms with Gasteiger partial charge in [0.1, 0.15) is 5.75 Å². The second-order valence-corrected chi connectivity index (χ2v) is 7.53. The summed E-state index contributed by atoms with van der Waals surface area (Å²) < 4.78 is 5.47. The second kappa shape index (κ2) is 9.77. The van der Waals surface area contributed by atoms with Crippen LogP contribution >= 0.6 is 0 Å². The average Bonchev–Trinajstić information content (AvgIpc) is 2.95. The van der Waals surface area contributed by atoms with E-state index < -0.39 is 6.04 Å². The van der Waals surface area contributed by atoms with Crippen LogP contribution in [0, 0.1) is 18.3 Å². The number of hydrogen-bond donors (Lipinski definition) is 1. The number of carbonyl (C=O) groups is 2. The number of anilines is 1. The minimum atomic E-state index is -0.497. The van der Waals surface area contributed by atoms with Crippen molar-refractivity contribution in [1.29, 1.82) is 0 Å². The van der Waals surface area contributed by atoms with Crippen molar-refractivity contribution in [1.82, 2.24) is 15.1 Å². The van der Waals surface area contributed by atoms with Gasteiger partial charge < -0.3 is 9.64 Å². The van der Waals surface area contributed by atoms with Crippen LogP contribution in [0.15, 0.2) is 24.3 Å². The molecule has 1 N–H and O–H groups in total. The molecule has 156 valence electrons. The summed E-state index contributed by atoms with van der Waals surface area (Å²) in [5, 5.41) is 2.99. The molecule has 2 atom stereocenters. The zero-order chi connectivity index (χ0) is 20.8. The van der Waals surface area contributed by atoms with E-state index in [1.165, 1.54) is 4.90 Å². The molecular weight excluding hydrogens is 368 g/mol. The fourth-order valence-electron chi connectivity index (χ4n) is 4.09. The van der Waals surface area contributed by atoms with Gasteiger partial charge in [-0.1, -0.05) is 25.0 Å². The van der Waals surface area contributed by atoms with Gasteiger partial charge in [-0.15, -0.1) is 6.42 Å². The van der Waals surface area contributed by atoms with Gasteiger partial charge in [0.2, 0.25) is 11.8 Å². The number of amides is 2. The molecule has 29 heavy (non-hydrogen) atoms. The monoisotopic (exact) mass is 398 g/mol. The van der Waals surface area contributed by atoms with Crippen LogP contribution in [0.3, 0.4) is 0 Å². The summed E-state index contributed by atoms with van der Waals surface area (Å²) >= 11 is 0. The fourth-order valence-corrected chi connectivity index (χ4v) is 4.09. The predicted octanol–water partition coefficient (Wildman–Crippen LogP) is 0.804. The third kappa shape index (κ3) is 4.72. The molecule has 1 aromatic rings. The maximum absolute atomic E-state index is 12.5. The third-order valence-electron chi connectivity index (χ3n) is 5.77. The van der Waals surface area contributed by atoms with E-state index in [-0.39, 0.29) is 17.7 Å². The largest absolute Gasteiger partial charge is 0.495 e. The highest BCUT2D eigenvalue weighted by atomic mass is 16.5. The van der Waals surface area contributed by atoms with E-state index in [0.717, 1.165) is 50.6 Å². The number of likely N-dealkylation sites (tertiary alicyclic amines) is 1. The summed E-state index contributed by atoms with van der Waals surface area (Å²) in [7, 11) is 1.70. The number of nitrogens with zero attached hydrogens (tertiary/aromatic N) is 3. The smallest absolute Gasteiger partial charge is 0.247 e. The molecule has 0 radical (unpaired) electrons. The average molecular weight is 399 g/mol. The van der Waals surface area contributed by atoms with Crippen LogP contribution in [-0.2, 0) is 9.59 Å². The van der Waals surface area contributed by atoms with Crippen LogP contribution < -0.4 is 15.0 Å². The Kier molecular flexibility index (Phi) is 7.13. The Labute approximate surface area is 173 Å². The SMILES string of the molecule is C#CCNC1C(=O)N(CCCN2CCN(c3ccccc3OC)CC2)C(=O)C1C. The van der Waals surface area contributed by atoms with E-state index in [0.29, 0.717) is 13.1 Å². The Balaban J connectivity index is 1.45. The van der Waals surface area contributed by atoms with Crippen LogP contribution in [0.4, 0.5) is 5.69 Å². The molecule has 2 saturated heterocycles. The molecule has 0 spiro atoms. The number of terminal acetylenes is 1. The lowest BCUT2D eigenvalue weighted by Crippen LogP contribution is -2.47. The summed E-state index contributed by atoms with van der Waals surface area (Å²) in [6.07, 6.45) is 6.03. The molecule has 0 saturated carbocycles. The van der Waals surface area contributed by atoms with Crippen LogP contribution in [0.1, 0.15) is 13.3 Å². The Morgan fingerprint density at radius 2 is 1.86 bits per heavy atom. The van der Waals surface area contributed by atoms with Crippen LogP contribution in [0.5, 0.6) is 5.75 Å². The highest BCUT2D eigenvalue weighted by Crippen LogP contribution is 2.28. The Morgan fingerprint density at radius 3 is 2.55 bits per heavy atom. The molecular formula is C22H30N4O3. The van der Waals surface area contributed by atoms with E-state index in [4.69, 9.17) is 11.2 Å². The van der Waals surface area contributed by atoms with E-state index in [9.17, 15) is 9.59 Å². The molecule has 1 aromatic carbocycles. The maximum atomic E-state index is 12.5. The first-order valence-electron chi connectivity index (χ1n) is 10.2. The van der Waals surface area contributed by atoms with Gasteiger partial charge in [-0.3, -0.25) is 24.7 Å². The fraction of sp³-hybridized carbons (Fsp3) is 0.545. The number of ether oxygens (including phenoxy) is 1. The summed E-state index contributed by atoms with van der Waals surface area (Å²) in [5.74, 6) is 2.74. The Morgan fingerprint density at radius 1 is 1.14 bits per heavy atom. The van der Waals surface area contributed by atoms with Gasteiger partial charge in [0.25, 0.3) is 0 Å². The topological polar surface area (TPSA) is 65.1 Å². The second-order valence-electron chi connectivity index (χ2n) is 7.53. The highest BCUT2D eigenvalue weighted by Gasteiger charge is 2.44. The lowest BCUT2D eigenvalue weighted by molar-refractivity contribution is -0.139. The van der Waals surface area contributed by atoms with E-state index in [2.05, 4.69) is 27.1 Å². The Bertz CT molecular complexity index is 768. The molecule has 2 amide bonds. The van der Waals surface area contributed by atoms with E-state index >= 15 is 0 Å². The normalized spacial score (nSPS) is 22.8. The van der Waals surface area contributed by atoms with Crippen molar-refractivity contribution in [3.8, 4) is 18.1 Å². The minimum Gasteiger partial charge on any atom is -0.495 e. The van der Waals surface area contributed by atoms with Crippen LogP contribution in [0.25, 0.3) is 0 Å². The zero-order valence-electron chi connectivity index (χ0n) is 17.3. The molecule has 2 aliphatic heterocycles. The standard InChI is InChI=1S/C22H30N4O3/c1-4-10-23-20-17(2)21(27)26(22(20)28)12-7-11-24-13-15-25(16-14-24)18-8-5-6-9-19(18)29-3/h1,5-6,8-9,17,20,23H,7,10-16H2,2-3H3. The first kappa shape index (κ1) is 21.2. The molecule has 2 unspecified atom stereocenters. The molecule has 3 rings (SSSR count). The highest BCUT2D eigenvalue weighted by molar-refractivity contribution is 6.06. The van der Waals surface area contributed by atoms with Crippen LogP contribution in [-0.4, -0.2) is 80.6 Å². The lowest BCUT2D eigenvalue weighted by atomic mass is 10.1. The van der Waals surface area contributed by atoms with Gasteiger partial charge in [-0.05, 0) is 25.1 Å². The van der Waals surface area contributed by atoms with Crippen LogP contribution in [0.2, 0.25) is 0 Å². The number of benzene rings is 1. The number of imide groups is 1. The van der Waals surface area contributed by atoms with Crippen molar-refractivity contribution in [3.05, 3.63) is 24.3 Å². The van der Waals surface area contributed by atoms with Crippen molar-refractivity contribution in [2.75, 3.05) is 57.8 Å². The summed E-state index contributed by atoms with van der Waals surface area (Å²) in [6, 6.07) is 7.58. The molecule has 2 aliphatic rings. The number of methoxy groups -OCH3 is 1.